The Kier molecular flexibility index (Phi) is 6.63. The summed E-state index contributed by atoms with van der Waals surface area (Å²) in [5.74, 6) is -2.55. The third-order valence-electron chi connectivity index (χ3n) is 6.79. The molecule has 192 valence electrons. The van der Waals surface area contributed by atoms with Crippen LogP contribution in [0, 0.1) is 12.3 Å². The quantitative estimate of drug-likeness (QED) is 0.596. The Morgan fingerprint density at radius 3 is 2.33 bits per heavy atom. The predicted molar refractivity (Wildman–Crippen MR) is 127 cm³/mol. The summed E-state index contributed by atoms with van der Waals surface area (Å²) in [6, 6.07) is 6.36. The van der Waals surface area contributed by atoms with Crippen molar-refractivity contribution in [3.05, 3.63) is 52.7 Å². The molecule has 1 aromatic carbocycles. The van der Waals surface area contributed by atoms with Gasteiger partial charge in [0.05, 0.1) is 17.9 Å². The number of nitrogen functional groups attached to an aromatic ring is 1. The number of hydrogen-bond donors (Lipinski definition) is 2. The minimum atomic E-state index is -4.66. The summed E-state index contributed by atoms with van der Waals surface area (Å²) in [5.41, 5.74) is 4.73. The van der Waals surface area contributed by atoms with E-state index in [1.807, 2.05) is 0 Å². The van der Waals surface area contributed by atoms with Crippen molar-refractivity contribution in [1.82, 2.24) is 14.8 Å². The van der Waals surface area contributed by atoms with Gasteiger partial charge < -0.3 is 20.9 Å². The van der Waals surface area contributed by atoms with Crippen LogP contribution in [0.4, 0.5) is 24.7 Å². The molecule has 2 aromatic rings. The topological polar surface area (TPSA) is 109 Å². The zero-order valence-electron chi connectivity index (χ0n) is 19.6. The van der Waals surface area contributed by atoms with E-state index in [2.05, 4.69) is 10.3 Å². The van der Waals surface area contributed by atoms with Gasteiger partial charge in [0, 0.05) is 24.2 Å². The molecule has 2 aliphatic rings. The molecule has 1 saturated carbocycles. The minimum absolute atomic E-state index is 0.127. The van der Waals surface area contributed by atoms with Crippen LogP contribution in [0.2, 0.25) is 5.02 Å². The van der Waals surface area contributed by atoms with Crippen molar-refractivity contribution in [2.75, 3.05) is 24.1 Å². The molecule has 0 spiro atoms. The lowest BCUT2D eigenvalue weighted by Gasteiger charge is -2.46. The van der Waals surface area contributed by atoms with Gasteiger partial charge >= 0.3 is 18.0 Å². The number of amides is 3. The van der Waals surface area contributed by atoms with Gasteiger partial charge in [0.15, 0.2) is 0 Å². The number of rotatable bonds is 3. The molecule has 8 nitrogen and oxygen atoms in total. The molecule has 0 radical (unpaired) electrons. The van der Waals surface area contributed by atoms with Gasteiger partial charge in [-0.25, -0.2) is 4.98 Å². The zero-order valence-corrected chi connectivity index (χ0v) is 20.4. The van der Waals surface area contributed by atoms with Crippen molar-refractivity contribution in [1.29, 1.82) is 0 Å². The van der Waals surface area contributed by atoms with Gasteiger partial charge in [0.2, 0.25) is 5.91 Å². The van der Waals surface area contributed by atoms with Crippen LogP contribution in [0.5, 0.6) is 0 Å². The summed E-state index contributed by atoms with van der Waals surface area (Å²) in [5, 5.41) is 2.92. The Hall–Kier alpha value is -3.34. The third kappa shape index (κ3) is 4.71. The molecular formula is C24H25ClF3N5O3. The average molecular weight is 524 g/mol. The summed E-state index contributed by atoms with van der Waals surface area (Å²) < 4.78 is 41.0. The summed E-state index contributed by atoms with van der Waals surface area (Å²) in [4.78, 5) is 45.6. The van der Waals surface area contributed by atoms with Gasteiger partial charge in [-0.2, -0.15) is 13.2 Å². The SMILES string of the molecule is Cc1cc(NC(=O)C(=O)N2C[C@@H](C)N(C(=O)C3(C(F)(F)F)CC3)C[C@@H]2c2ccc(Cl)cc2)cnc1N. The minimum Gasteiger partial charge on any atom is -0.383 e. The van der Waals surface area contributed by atoms with Gasteiger partial charge in [0.25, 0.3) is 0 Å². The number of benzene rings is 1. The number of pyridine rings is 1. The molecule has 0 unspecified atom stereocenters. The molecule has 2 heterocycles. The monoisotopic (exact) mass is 523 g/mol. The summed E-state index contributed by atoms with van der Waals surface area (Å²) in [7, 11) is 0. The lowest BCUT2D eigenvalue weighted by atomic mass is 9.96. The second-order valence-corrected chi connectivity index (χ2v) is 9.73. The molecule has 2 fully saturated rings. The number of hydrogen-bond acceptors (Lipinski definition) is 5. The first kappa shape index (κ1) is 25.7. The van der Waals surface area contributed by atoms with E-state index in [0.29, 0.717) is 16.1 Å². The number of nitrogens with two attached hydrogens (primary N) is 1. The molecule has 1 saturated heterocycles. The fraction of sp³-hybridized carbons (Fsp3) is 0.417. The van der Waals surface area contributed by atoms with Crippen molar-refractivity contribution in [3.8, 4) is 0 Å². The van der Waals surface area contributed by atoms with E-state index in [-0.39, 0.29) is 37.4 Å². The summed E-state index contributed by atoms with van der Waals surface area (Å²) in [6.07, 6.45) is -3.86. The van der Waals surface area contributed by atoms with Crippen molar-refractivity contribution in [3.63, 3.8) is 0 Å². The van der Waals surface area contributed by atoms with Crippen LogP contribution < -0.4 is 11.1 Å². The number of piperazine rings is 1. The molecule has 3 N–H and O–H groups in total. The van der Waals surface area contributed by atoms with E-state index in [4.69, 9.17) is 17.3 Å². The van der Waals surface area contributed by atoms with E-state index in [0.717, 1.165) is 0 Å². The number of carbonyl (C=O) groups is 3. The zero-order chi connectivity index (χ0) is 26.4. The first-order chi connectivity index (χ1) is 16.8. The number of aryl methyl sites for hydroxylation is 1. The molecule has 12 heteroatoms. The smallest absolute Gasteiger partial charge is 0.383 e. The number of halogens is 4. The molecule has 1 aliphatic carbocycles. The normalized spacial score (nSPS) is 21.2. The van der Waals surface area contributed by atoms with Crippen LogP contribution in [0.15, 0.2) is 36.5 Å². The molecule has 36 heavy (non-hydrogen) atoms. The predicted octanol–water partition coefficient (Wildman–Crippen LogP) is 3.71. The largest absolute Gasteiger partial charge is 0.403 e. The van der Waals surface area contributed by atoms with Gasteiger partial charge in [-0.05, 0) is 56.0 Å². The Morgan fingerprint density at radius 2 is 1.78 bits per heavy atom. The number of alkyl halides is 3. The van der Waals surface area contributed by atoms with Crippen LogP contribution >= 0.6 is 11.6 Å². The average Bonchev–Trinajstić information content (AvgIpc) is 3.63. The Labute approximate surface area is 210 Å². The highest BCUT2D eigenvalue weighted by molar-refractivity contribution is 6.39. The van der Waals surface area contributed by atoms with Crippen molar-refractivity contribution in [2.45, 2.75) is 44.9 Å². The second-order valence-electron chi connectivity index (χ2n) is 9.29. The summed E-state index contributed by atoms with van der Waals surface area (Å²) in [6.45, 7) is 2.94. The lowest BCUT2D eigenvalue weighted by Crippen LogP contribution is -2.60. The van der Waals surface area contributed by atoms with E-state index in [1.54, 1.807) is 44.2 Å². The highest BCUT2D eigenvalue weighted by Gasteiger charge is 2.70. The van der Waals surface area contributed by atoms with Crippen LogP contribution in [0.1, 0.15) is 36.9 Å². The first-order valence-corrected chi connectivity index (χ1v) is 11.7. The van der Waals surface area contributed by atoms with Crippen molar-refractivity contribution >= 4 is 40.8 Å². The van der Waals surface area contributed by atoms with E-state index < -0.39 is 41.4 Å². The first-order valence-electron chi connectivity index (χ1n) is 11.3. The number of nitrogens with one attached hydrogen (secondary N) is 1. The Balaban J connectivity index is 1.61. The van der Waals surface area contributed by atoms with Gasteiger partial charge in [0.1, 0.15) is 11.2 Å². The molecule has 0 bridgehead atoms. The standard InChI is InChI=1S/C24H25ClF3N5O3/c1-13-9-17(10-30-19(13)29)31-20(34)21(35)33-11-14(2)32(22(36)23(7-8-23)24(26,27)28)12-18(33)15-3-5-16(25)6-4-15/h3-6,9-10,14,18H,7-8,11-12H2,1-2H3,(H2,29,30)(H,31,34)/t14-,18-/m1/s1. The van der Waals surface area contributed by atoms with Crippen LogP contribution in [0.3, 0.4) is 0 Å². The summed E-state index contributed by atoms with van der Waals surface area (Å²) >= 11 is 5.99. The highest BCUT2D eigenvalue weighted by atomic mass is 35.5. The van der Waals surface area contributed by atoms with Gasteiger partial charge in [-0.1, -0.05) is 23.7 Å². The highest BCUT2D eigenvalue weighted by Crippen LogP contribution is 2.59. The maximum absolute atomic E-state index is 13.7. The molecule has 2 atom stereocenters. The lowest BCUT2D eigenvalue weighted by molar-refractivity contribution is -0.201. The number of aromatic nitrogens is 1. The fourth-order valence-corrected chi connectivity index (χ4v) is 4.57. The molecule has 3 amide bonds. The van der Waals surface area contributed by atoms with E-state index in [1.165, 1.54) is 16.0 Å². The number of nitrogens with zero attached hydrogens (tertiary/aromatic N) is 3. The maximum Gasteiger partial charge on any atom is 0.403 e. The van der Waals surface area contributed by atoms with Crippen molar-refractivity contribution in [2.24, 2.45) is 5.41 Å². The van der Waals surface area contributed by atoms with Crippen molar-refractivity contribution < 1.29 is 27.6 Å². The molecule has 1 aromatic heterocycles. The Morgan fingerprint density at radius 1 is 1.14 bits per heavy atom. The number of carbonyl (C=O) groups excluding carboxylic acids is 3. The number of anilines is 2. The van der Waals surface area contributed by atoms with Gasteiger partial charge in [-0.15, -0.1) is 0 Å². The maximum atomic E-state index is 13.7. The van der Waals surface area contributed by atoms with E-state index in [9.17, 15) is 27.6 Å². The Bertz CT molecular complexity index is 1200. The van der Waals surface area contributed by atoms with Gasteiger partial charge in [-0.3, -0.25) is 14.4 Å². The van der Waals surface area contributed by atoms with Crippen LogP contribution in [0.25, 0.3) is 0 Å². The van der Waals surface area contributed by atoms with Crippen LogP contribution in [-0.4, -0.2) is 57.8 Å². The third-order valence-corrected chi connectivity index (χ3v) is 7.04. The van der Waals surface area contributed by atoms with E-state index >= 15 is 0 Å². The molecular weight excluding hydrogens is 499 g/mol. The molecule has 1 aliphatic heterocycles. The van der Waals surface area contributed by atoms with Crippen LogP contribution in [-0.2, 0) is 14.4 Å². The second kappa shape index (κ2) is 9.27. The fourth-order valence-electron chi connectivity index (χ4n) is 4.44. The molecule has 4 rings (SSSR count).